The Morgan fingerprint density at radius 2 is 2.23 bits per heavy atom. The predicted molar refractivity (Wildman–Crippen MR) is 96.6 cm³/mol. The summed E-state index contributed by atoms with van der Waals surface area (Å²) in [7, 11) is 0. The van der Waals surface area contributed by atoms with Gasteiger partial charge in [0.15, 0.2) is 0 Å². The van der Waals surface area contributed by atoms with Crippen molar-refractivity contribution in [3.05, 3.63) is 47.6 Å². The predicted octanol–water partition coefficient (Wildman–Crippen LogP) is 3.28. The summed E-state index contributed by atoms with van der Waals surface area (Å²) in [5.74, 6) is 1.42. The largest absolute Gasteiger partial charge is 0.488 e. The van der Waals surface area contributed by atoms with E-state index in [4.69, 9.17) is 30.2 Å². The van der Waals surface area contributed by atoms with E-state index in [0.29, 0.717) is 54.9 Å². The molecule has 1 aliphatic rings. The first-order valence-electron chi connectivity index (χ1n) is 8.33. The zero-order chi connectivity index (χ0) is 17.8. The molecule has 0 aromatic carbocycles. The summed E-state index contributed by atoms with van der Waals surface area (Å²) in [6.45, 7) is 2.62. The van der Waals surface area contributed by atoms with Crippen molar-refractivity contribution in [2.24, 2.45) is 0 Å². The highest BCUT2D eigenvalue weighted by molar-refractivity contribution is 6.30. The first kappa shape index (κ1) is 17.1. The number of rotatable bonds is 6. The minimum absolute atomic E-state index is 0.0947. The van der Waals surface area contributed by atoms with Crippen LogP contribution in [0.3, 0.4) is 0 Å². The number of pyridine rings is 2. The zero-order valence-corrected chi connectivity index (χ0v) is 14.7. The highest BCUT2D eigenvalue weighted by Crippen LogP contribution is 2.30. The van der Waals surface area contributed by atoms with Crippen molar-refractivity contribution in [2.75, 3.05) is 31.7 Å². The number of anilines is 1. The molecule has 136 valence electrons. The van der Waals surface area contributed by atoms with E-state index in [1.165, 1.54) is 0 Å². The van der Waals surface area contributed by atoms with Crippen molar-refractivity contribution in [2.45, 2.75) is 12.6 Å². The van der Waals surface area contributed by atoms with Crippen LogP contribution in [0.2, 0.25) is 5.15 Å². The average molecular weight is 376 g/mol. The molecule has 1 saturated heterocycles. The first-order valence-corrected chi connectivity index (χ1v) is 8.71. The summed E-state index contributed by atoms with van der Waals surface area (Å²) in [6, 6.07) is 7.25. The van der Waals surface area contributed by atoms with Gasteiger partial charge in [-0.3, -0.25) is 4.98 Å². The summed E-state index contributed by atoms with van der Waals surface area (Å²) in [5, 5.41) is 3.64. The summed E-state index contributed by atoms with van der Waals surface area (Å²) in [5.41, 5.74) is 2.04. The molecule has 4 heterocycles. The van der Waals surface area contributed by atoms with E-state index in [9.17, 15) is 0 Å². The fourth-order valence-electron chi connectivity index (χ4n) is 2.73. The summed E-state index contributed by atoms with van der Waals surface area (Å²) in [4.78, 5) is 8.81. The highest BCUT2D eigenvalue weighted by atomic mass is 35.5. The molecule has 0 amide bonds. The van der Waals surface area contributed by atoms with Gasteiger partial charge in [-0.05, 0) is 12.1 Å². The number of hydrogen-bond acceptors (Lipinski definition) is 7. The van der Waals surface area contributed by atoms with E-state index >= 15 is 0 Å². The van der Waals surface area contributed by atoms with Crippen molar-refractivity contribution >= 4 is 28.3 Å². The maximum absolute atomic E-state index is 6.20. The van der Waals surface area contributed by atoms with Crippen LogP contribution in [0, 0.1) is 0 Å². The van der Waals surface area contributed by atoms with Crippen molar-refractivity contribution in [1.29, 1.82) is 0 Å². The molecule has 1 fully saturated rings. The Balaban J connectivity index is 1.56. The van der Waals surface area contributed by atoms with Gasteiger partial charge in [-0.1, -0.05) is 11.6 Å². The third-order valence-electron chi connectivity index (χ3n) is 3.97. The summed E-state index contributed by atoms with van der Waals surface area (Å²) in [6.07, 6.45) is 3.22. The van der Waals surface area contributed by atoms with Gasteiger partial charge in [-0.2, -0.15) is 0 Å². The number of halogens is 1. The molecule has 1 atom stereocenters. The maximum Gasteiger partial charge on any atom is 0.148 e. The van der Waals surface area contributed by atoms with Crippen LogP contribution in [-0.4, -0.2) is 42.5 Å². The number of nitrogens with zero attached hydrogens (tertiary/aromatic N) is 2. The smallest absolute Gasteiger partial charge is 0.148 e. The van der Waals surface area contributed by atoms with Gasteiger partial charge in [-0.15, -0.1) is 0 Å². The minimum Gasteiger partial charge on any atom is -0.488 e. The SMILES string of the molecule is Clc1cc(NCc2ccco2)c2nccc(OCC3COCCO3)c2n1. The second-order valence-corrected chi connectivity index (χ2v) is 6.20. The van der Waals surface area contributed by atoms with Crippen LogP contribution in [0.15, 0.2) is 41.1 Å². The van der Waals surface area contributed by atoms with Crippen LogP contribution in [0.1, 0.15) is 5.76 Å². The number of aromatic nitrogens is 2. The molecule has 1 N–H and O–H groups in total. The second-order valence-electron chi connectivity index (χ2n) is 5.81. The standard InChI is InChI=1S/C18H18ClN3O4/c19-16-8-14(21-9-12-2-1-5-24-12)17-18(22-16)15(3-4-20-17)26-11-13-10-23-6-7-25-13/h1-5,8,13H,6-7,9-11H2,(H,21,22). The Kier molecular flexibility index (Phi) is 5.19. The fourth-order valence-corrected chi connectivity index (χ4v) is 2.92. The van der Waals surface area contributed by atoms with Gasteiger partial charge in [0, 0.05) is 18.3 Å². The molecule has 0 radical (unpaired) electrons. The Hall–Kier alpha value is -2.35. The molecule has 1 unspecified atom stereocenters. The third kappa shape index (κ3) is 3.90. The maximum atomic E-state index is 6.20. The normalized spacial score (nSPS) is 17.3. The van der Waals surface area contributed by atoms with E-state index in [1.54, 1.807) is 24.6 Å². The first-order chi connectivity index (χ1) is 12.8. The molecular weight excluding hydrogens is 358 g/mol. The second kappa shape index (κ2) is 7.90. The molecule has 0 spiro atoms. The summed E-state index contributed by atoms with van der Waals surface area (Å²) >= 11 is 6.20. The lowest BCUT2D eigenvalue weighted by molar-refractivity contribution is -0.101. The number of hydrogen-bond donors (Lipinski definition) is 1. The van der Waals surface area contributed by atoms with E-state index < -0.39 is 0 Å². The highest BCUT2D eigenvalue weighted by Gasteiger charge is 2.17. The van der Waals surface area contributed by atoms with Crippen LogP contribution >= 0.6 is 11.6 Å². The lowest BCUT2D eigenvalue weighted by Crippen LogP contribution is -2.33. The van der Waals surface area contributed by atoms with Gasteiger partial charge in [0.1, 0.15) is 40.4 Å². The number of ether oxygens (including phenoxy) is 3. The van der Waals surface area contributed by atoms with Crippen molar-refractivity contribution in [3.8, 4) is 5.75 Å². The Morgan fingerprint density at radius 1 is 1.27 bits per heavy atom. The van der Waals surface area contributed by atoms with Crippen LogP contribution in [0.25, 0.3) is 11.0 Å². The molecule has 3 aromatic heterocycles. The molecule has 0 saturated carbocycles. The topological polar surface area (TPSA) is 78.6 Å². The number of nitrogens with one attached hydrogen (secondary N) is 1. The van der Waals surface area contributed by atoms with Gasteiger partial charge in [0.2, 0.25) is 0 Å². The van der Waals surface area contributed by atoms with Crippen molar-refractivity contribution in [3.63, 3.8) is 0 Å². The van der Waals surface area contributed by atoms with Gasteiger partial charge < -0.3 is 23.9 Å². The average Bonchev–Trinajstić information content (AvgIpc) is 3.19. The molecule has 0 aliphatic carbocycles. The van der Waals surface area contributed by atoms with Gasteiger partial charge in [0.05, 0.1) is 38.3 Å². The van der Waals surface area contributed by atoms with Crippen LogP contribution < -0.4 is 10.1 Å². The lowest BCUT2D eigenvalue weighted by Gasteiger charge is -2.23. The Bertz CT molecular complexity index is 866. The van der Waals surface area contributed by atoms with E-state index in [2.05, 4.69) is 15.3 Å². The van der Waals surface area contributed by atoms with Crippen LogP contribution in [-0.2, 0) is 16.0 Å². The van der Waals surface area contributed by atoms with Crippen LogP contribution in [0.5, 0.6) is 5.75 Å². The monoisotopic (exact) mass is 375 g/mol. The Labute approximate surface area is 155 Å². The Morgan fingerprint density at radius 3 is 3.04 bits per heavy atom. The number of fused-ring (bicyclic) bond motifs is 1. The molecule has 7 nitrogen and oxygen atoms in total. The molecule has 3 aromatic rings. The van der Waals surface area contributed by atoms with Gasteiger partial charge in [0.25, 0.3) is 0 Å². The number of furan rings is 1. The van der Waals surface area contributed by atoms with E-state index in [0.717, 1.165) is 11.4 Å². The zero-order valence-electron chi connectivity index (χ0n) is 14.0. The molecular formula is C18H18ClN3O4. The lowest BCUT2D eigenvalue weighted by atomic mass is 10.2. The minimum atomic E-state index is -0.0947. The van der Waals surface area contributed by atoms with Crippen molar-refractivity contribution in [1.82, 2.24) is 9.97 Å². The quantitative estimate of drug-likeness (QED) is 0.662. The van der Waals surface area contributed by atoms with Crippen molar-refractivity contribution < 1.29 is 18.6 Å². The van der Waals surface area contributed by atoms with Crippen LogP contribution in [0.4, 0.5) is 5.69 Å². The summed E-state index contributed by atoms with van der Waals surface area (Å²) < 4.78 is 22.2. The van der Waals surface area contributed by atoms with E-state index in [-0.39, 0.29) is 6.10 Å². The molecule has 26 heavy (non-hydrogen) atoms. The molecule has 8 heteroatoms. The van der Waals surface area contributed by atoms with Gasteiger partial charge in [-0.25, -0.2) is 4.98 Å². The third-order valence-corrected chi connectivity index (χ3v) is 4.16. The fraction of sp³-hybridized carbons (Fsp3) is 0.333. The van der Waals surface area contributed by atoms with Gasteiger partial charge >= 0.3 is 0 Å². The molecule has 0 bridgehead atoms. The van der Waals surface area contributed by atoms with E-state index in [1.807, 2.05) is 12.1 Å². The molecule has 1 aliphatic heterocycles. The molecule has 4 rings (SSSR count).